The molecule has 0 aliphatic carbocycles. The van der Waals surface area contributed by atoms with Gasteiger partial charge in [0.15, 0.2) is 0 Å². The summed E-state index contributed by atoms with van der Waals surface area (Å²) in [4.78, 5) is 15.8. The lowest BCUT2D eigenvalue weighted by molar-refractivity contribution is -0.114. The van der Waals surface area contributed by atoms with E-state index in [1.165, 1.54) is 19.1 Å². The van der Waals surface area contributed by atoms with Crippen LogP contribution in [0.15, 0.2) is 77.7 Å². The number of carbonyl (C=O) groups excluding carboxylic acids is 1. The zero-order chi connectivity index (χ0) is 20.4. The molecule has 0 aliphatic heterocycles. The van der Waals surface area contributed by atoms with Gasteiger partial charge in [-0.25, -0.2) is 13.4 Å². The lowest BCUT2D eigenvalue weighted by Crippen LogP contribution is -2.13. The number of nitrogens with one attached hydrogen (secondary N) is 2. The summed E-state index contributed by atoms with van der Waals surface area (Å²) in [5.74, 6) is -0.216. The van der Waals surface area contributed by atoms with Crippen molar-refractivity contribution < 1.29 is 13.2 Å². The number of fused-ring (bicyclic) bond motifs is 1. The third kappa shape index (κ3) is 4.28. The molecule has 6 nitrogen and oxygen atoms in total. The number of aromatic nitrogens is 1. The van der Waals surface area contributed by atoms with Gasteiger partial charge in [0.2, 0.25) is 5.91 Å². The number of carbonyl (C=O) groups is 1. The Hall–Kier alpha value is -3.23. The predicted octanol–water partition coefficient (Wildman–Crippen LogP) is 4.72. The smallest absolute Gasteiger partial charge is 0.261 e. The highest BCUT2D eigenvalue weighted by Gasteiger charge is 2.14. The van der Waals surface area contributed by atoms with Crippen LogP contribution in [0.1, 0.15) is 6.92 Å². The summed E-state index contributed by atoms with van der Waals surface area (Å²) in [6.45, 7) is 1.39. The first-order valence-corrected chi connectivity index (χ1v) is 11.1. The number of hydrogen-bond donors (Lipinski definition) is 2. The maximum Gasteiger partial charge on any atom is 0.261 e. The molecule has 3 aromatic carbocycles. The highest BCUT2D eigenvalue weighted by atomic mass is 32.2. The third-order valence-corrected chi connectivity index (χ3v) is 6.65. The number of nitrogens with zero attached hydrogens (tertiary/aromatic N) is 1. The van der Waals surface area contributed by atoms with E-state index in [2.05, 4.69) is 15.0 Å². The summed E-state index contributed by atoms with van der Waals surface area (Å²) >= 11 is 1.59. The molecule has 0 radical (unpaired) electrons. The molecule has 146 valence electrons. The Balaban J connectivity index is 1.52. The molecule has 29 heavy (non-hydrogen) atoms. The third-order valence-electron chi connectivity index (χ3n) is 4.16. The van der Waals surface area contributed by atoms with Gasteiger partial charge in [0, 0.05) is 23.9 Å². The minimum Gasteiger partial charge on any atom is -0.326 e. The van der Waals surface area contributed by atoms with Crippen molar-refractivity contribution in [3.05, 3.63) is 72.8 Å². The van der Waals surface area contributed by atoms with E-state index in [9.17, 15) is 13.2 Å². The van der Waals surface area contributed by atoms with Crippen molar-refractivity contribution in [1.82, 2.24) is 4.98 Å². The van der Waals surface area contributed by atoms with Crippen LogP contribution in [0.4, 0.5) is 11.4 Å². The van der Waals surface area contributed by atoms with Gasteiger partial charge in [0.1, 0.15) is 5.01 Å². The Morgan fingerprint density at radius 1 is 0.897 bits per heavy atom. The van der Waals surface area contributed by atoms with Crippen LogP contribution in [-0.4, -0.2) is 19.3 Å². The van der Waals surface area contributed by atoms with Crippen molar-refractivity contribution in [3.63, 3.8) is 0 Å². The van der Waals surface area contributed by atoms with E-state index in [0.717, 1.165) is 20.8 Å². The molecule has 2 N–H and O–H groups in total. The summed E-state index contributed by atoms with van der Waals surface area (Å²) in [5.41, 5.74) is 2.87. The average molecular weight is 424 g/mol. The summed E-state index contributed by atoms with van der Waals surface area (Å²) in [6, 6.07) is 21.0. The van der Waals surface area contributed by atoms with Gasteiger partial charge in [-0.3, -0.25) is 9.52 Å². The SMILES string of the molecule is CC(=O)Nc1ccc(S(=O)(=O)Nc2ccc(-c3nc4ccccc4s3)cc2)cc1. The molecule has 0 spiro atoms. The minimum absolute atomic E-state index is 0.113. The van der Waals surface area contributed by atoms with Gasteiger partial charge in [-0.1, -0.05) is 12.1 Å². The number of anilines is 2. The molecular weight excluding hydrogens is 406 g/mol. The molecule has 8 heteroatoms. The Labute approximate surface area is 172 Å². The first kappa shape index (κ1) is 19.1. The van der Waals surface area contributed by atoms with E-state index in [-0.39, 0.29) is 10.8 Å². The van der Waals surface area contributed by atoms with E-state index in [1.54, 1.807) is 35.6 Å². The van der Waals surface area contributed by atoms with Gasteiger partial charge >= 0.3 is 0 Å². The Kier molecular flexibility index (Phi) is 5.04. The molecule has 1 heterocycles. The number of rotatable bonds is 5. The van der Waals surface area contributed by atoms with Gasteiger partial charge in [-0.05, 0) is 60.7 Å². The van der Waals surface area contributed by atoms with Crippen LogP contribution in [0.25, 0.3) is 20.8 Å². The predicted molar refractivity (Wildman–Crippen MR) is 117 cm³/mol. The molecule has 0 saturated heterocycles. The highest BCUT2D eigenvalue weighted by Crippen LogP contribution is 2.31. The second kappa shape index (κ2) is 7.65. The maximum absolute atomic E-state index is 12.6. The van der Waals surface area contributed by atoms with Crippen LogP contribution in [0.2, 0.25) is 0 Å². The monoisotopic (exact) mass is 423 g/mol. The summed E-state index contributed by atoms with van der Waals surface area (Å²) in [7, 11) is -3.73. The Morgan fingerprint density at radius 2 is 1.55 bits per heavy atom. The number of amides is 1. The van der Waals surface area contributed by atoms with Crippen LogP contribution in [-0.2, 0) is 14.8 Å². The van der Waals surface area contributed by atoms with Crippen molar-refractivity contribution in [2.75, 3.05) is 10.0 Å². The number of sulfonamides is 1. The normalized spacial score (nSPS) is 11.3. The van der Waals surface area contributed by atoms with E-state index in [1.807, 2.05) is 36.4 Å². The standard InChI is InChI=1S/C21H17N3O3S2/c1-14(25)22-16-10-12-18(13-11-16)29(26,27)24-17-8-6-15(7-9-17)21-23-19-4-2-3-5-20(19)28-21/h2-13,24H,1H3,(H,22,25). The van der Waals surface area contributed by atoms with Crippen molar-refractivity contribution in [2.45, 2.75) is 11.8 Å². The molecule has 0 aliphatic rings. The summed E-state index contributed by atoms with van der Waals surface area (Å²) in [6.07, 6.45) is 0. The van der Waals surface area contributed by atoms with E-state index in [4.69, 9.17) is 0 Å². The molecule has 0 fully saturated rings. The lowest BCUT2D eigenvalue weighted by Gasteiger charge is -2.09. The van der Waals surface area contributed by atoms with Crippen LogP contribution < -0.4 is 10.0 Å². The van der Waals surface area contributed by atoms with Gasteiger partial charge < -0.3 is 5.32 Å². The lowest BCUT2D eigenvalue weighted by atomic mass is 10.2. The molecule has 0 unspecified atom stereocenters. The van der Waals surface area contributed by atoms with Crippen LogP contribution >= 0.6 is 11.3 Å². The molecule has 4 aromatic rings. The van der Waals surface area contributed by atoms with Crippen molar-refractivity contribution in [1.29, 1.82) is 0 Å². The number of hydrogen-bond acceptors (Lipinski definition) is 5. The second-order valence-corrected chi connectivity index (χ2v) is 9.09. The number of thiazole rings is 1. The van der Waals surface area contributed by atoms with E-state index in [0.29, 0.717) is 11.4 Å². The number of para-hydroxylation sites is 1. The van der Waals surface area contributed by atoms with Crippen LogP contribution in [0.3, 0.4) is 0 Å². The molecule has 0 saturated carbocycles. The zero-order valence-electron chi connectivity index (χ0n) is 15.4. The number of benzene rings is 3. The fourth-order valence-corrected chi connectivity index (χ4v) is 4.84. The average Bonchev–Trinajstić information content (AvgIpc) is 3.12. The van der Waals surface area contributed by atoms with Crippen molar-refractivity contribution in [3.8, 4) is 10.6 Å². The molecule has 0 atom stereocenters. The topological polar surface area (TPSA) is 88.2 Å². The Morgan fingerprint density at radius 3 is 2.21 bits per heavy atom. The van der Waals surface area contributed by atoms with E-state index >= 15 is 0 Å². The minimum atomic E-state index is -3.73. The molecule has 1 aromatic heterocycles. The first-order chi connectivity index (χ1) is 13.9. The summed E-state index contributed by atoms with van der Waals surface area (Å²) in [5, 5.41) is 3.49. The van der Waals surface area contributed by atoms with Gasteiger partial charge in [0.05, 0.1) is 15.1 Å². The second-order valence-electron chi connectivity index (χ2n) is 6.38. The molecule has 0 bridgehead atoms. The van der Waals surface area contributed by atoms with E-state index < -0.39 is 10.0 Å². The van der Waals surface area contributed by atoms with Crippen LogP contribution in [0, 0.1) is 0 Å². The highest BCUT2D eigenvalue weighted by molar-refractivity contribution is 7.92. The fourth-order valence-electron chi connectivity index (χ4n) is 2.81. The zero-order valence-corrected chi connectivity index (χ0v) is 17.0. The van der Waals surface area contributed by atoms with Gasteiger partial charge in [0.25, 0.3) is 10.0 Å². The maximum atomic E-state index is 12.6. The largest absolute Gasteiger partial charge is 0.326 e. The van der Waals surface area contributed by atoms with Crippen molar-refractivity contribution >= 4 is 48.9 Å². The molecular formula is C21H17N3O3S2. The molecule has 4 rings (SSSR count). The molecule has 1 amide bonds. The van der Waals surface area contributed by atoms with Crippen molar-refractivity contribution in [2.24, 2.45) is 0 Å². The van der Waals surface area contributed by atoms with Gasteiger partial charge in [-0.15, -0.1) is 11.3 Å². The summed E-state index contributed by atoms with van der Waals surface area (Å²) < 4.78 is 28.9. The van der Waals surface area contributed by atoms with Crippen LogP contribution in [0.5, 0.6) is 0 Å². The first-order valence-electron chi connectivity index (χ1n) is 8.77. The Bertz CT molecular complexity index is 1250. The fraction of sp³-hybridized carbons (Fsp3) is 0.0476. The quantitative estimate of drug-likeness (QED) is 0.486. The van der Waals surface area contributed by atoms with Gasteiger partial charge in [-0.2, -0.15) is 0 Å².